The Bertz CT molecular complexity index is 1210. The number of carboxylic acid groups (broad SMARTS) is 1. The topological polar surface area (TPSA) is 111 Å². The number of hydroxylamine groups is 2. The third-order valence-electron chi connectivity index (χ3n) is 6.20. The number of hydrogen-bond donors (Lipinski definition) is 3. The predicted octanol–water partition coefficient (Wildman–Crippen LogP) is 2.74. The fraction of sp³-hybridized carbons (Fsp3) is 0.250. The van der Waals surface area contributed by atoms with Gasteiger partial charge >= 0.3 is 5.97 Å². The van der Waals surface area contributed by atoms with Crippen LogP contribution in [0.1, 0.15) is 28.4 Å². The monoisotopic (exact) mass is 502 g/mol. The first-order valence-electron chi connectivity index (χ1n) is 12.1. The Morgan fingerprint density at radius 3 is 2.11 bits per heavy atom. The number of benzene rings is 3. The molecular weight excluding hydrogens is 472 g/mol. The summed E-state index contributed by atoms with van der Waals surface area (Å²) in [6.45, 7) is 4.59. The summed E-state index contributed by atoms with van der Waals surface area (Å²) in [5.74, 6) is -2.81. The Kier molecular flexibility index (Phi) is 8.17. The Morgan fingerprint density at radius 2 is 1.54 bits per heavy atom. The van der Waals surface area contributed by atoms with Crippen molar-refractivity contribution in [3.05, 3.63) is 102 Å². The molecule has 1 unspecified atom stereocenters. The number of anilines is 1. The summed E-state index contributed by atoms with van der Waals surface area (Å²) >= 11 is 0. The lowest BCUT2D eigenvalue weighted by Crippen LogP contribution is -2.64. The molecule has 1 heterocycles. The Morgan fingerprint density at radius 1 is 0.946 bits per heavy atom. The number of aliphatic carboxylic acids is 1. The van der Waals surface area contributed by atoms with Gasteiger partial charge in [0, 0.05) is 49.9 Å². The number of rotatable bonds is 9. The van der Waals surface area contributed by atoms with Gasteiger partial charge in [-0.25, -0.2) is 4.79 Å². The van der Waals surface area contributed by atoms with Crippen molar-refractivity contribution < 1.29 is 24.3 Å². The molecule has 0 saturated carbocycles. The summed E-state index contributed by atoms with van der Waals surface area (Å²) in [4.78, 5) is 47.1. The summed E-state index contributed by atoms with van der Waals surface area (Å²) in [7, 11) is 0. The molecule has 0 aliphatic carbocycles. The van der Waals surface area contributed by atoms with Crippen molar-refractivity contribution in [2.24, 2.45) is 0 Å². The lowest BCUT2D eigenvalue weighted by atomic mass is 9.97. The van der Waals surface area contributed by atoms with Gasteiger partial charge in [0.2, 0.25) is 5.91 Å². The van der Waals surface area contributed by atoms with Gasteiger partial charge < -0.3 is 20.6 Å². The molecule has 2 amide bonds. The summed E-state index contributed by atoms with van der Waals surface area (Å²) in [5, 5.41) is 17.1. The predicted molar refractivity (Wildman–Crippen MR) is 138 cm³/mol. The van der Waals surface area contributed by atoms with E-state index in [1.165, 1.54) is 19.1 Å². The standard InChI is InChI=1S/C28H30N4O5/c1-21(33)32(37-20-22-8-4-2-5-9-22)28(27(35)36,24-10-6-3-7-11-24)30-26(34)23-12-14-25(15-13-23)31-18-16-29-17-19-31/h2-15,29H,16-20H2,1H3,(H,30,34)(H,35,36). The molecule has 9 heteroatoms. The molecule has 3 aromatic carbocycles. The van der Waals surface area contributed by atoms with Gasteiger partial charge in [0.1, 0.15) is 6.61 Å². The Labute approximate surface area is 215 Å². The molecular formula is C28H30N4O5. The molecule has 9 nitrogen and oxygen atoms in total. The summed E-state index contributed by atoms with van der Waals surface area (Å²) < 4.78 is 0. The summed E-state index contributed by atoms with van der Waals surface area (Å²) in [5.41, 5.74) is -0.183. The van der Waals surface area contributed by atoms with E-state index < -0.39 is 23.4 Å². The number of amides is 2. The second-order valence-electron chi connectivity index (χ2n) is 8.69. The van der Waals surface area contributed by atoms with Gasteiger partial charge in [-0.1, -0.05) is 60.7 Å². The number of carboxylic acids is 1. The number of nitrogens with zero attached hydrogens (tertiary/aromatic N) is 2. The summed E-state index contributed by atoms with van der Waals surface area (Å²) in [6.07, 6.45) is 0. The Balaban J connectivity index is 1.67. The van der Waals surface area contributed by atoms with Crippen LogP contribution in [0, 0.1) is 0 Å². The molecule has 1 saturated heterocycles. The molecule has 4 rings (SSSR count). The fourth-order valence-electron chi connectivity index (χ4n) is 4.30. The van der Waals surface area contributed by atoms with Gasteiger partial charge in [0.25, 0.3) is 11.6 Å². The van der Waals surface area contributed by atoms with Gasteiger partial charge in [-0.15, -0.1) is 0 Å². The molecule has 0 radical (unpaired) electrons. The van der Waals surface area contributed by atoms with Gasteiger partial charge in [-0.3, -0.25) is 14.4 Å². The lowest BCUT2D eigenvalue weighted by molar-refractivity contribution is -0.239. The number of nitrogens with one attached hydrogen (secondary N) is 2. The van der Waals surface area contributed by atoms with Crippen LogP contribution in [-0.2, 0) is 26.7 Å². The van der Waals surface area contributed by atoms with Gasteiger partial charge in [-0.05, 0) is 29.8 Å². The van der Waals surface area contributed by atoms with E-state index in [-0.39, 0.29) is 17.7 Å². The summed E-state index contributed by atoms with van der Waals surface area (Å²) in [6, 6.07) is 24.1. The Hall–Kier alpha value is -4.21. The lowest BCUT2D eigenvalue weighted by Gasteiger charge is -2.39. The normalized spacial score (nSPS) is 14.9. The van der Waals surface area contributed by atoms with E-state index in [1.807, 2.05) is 30.3 Å². The zero-order chi connectivity index (χ0) is 26.3. The van der Waals surface area contributed by atoms with Crippen LogP contribution in [0.3, 0.4) is 0 Å². The third kappa shape index (κ3) is 5.79. The molecule has 192 valence electrons. The first kappa shape index (κ1) is 25.9. The fourth-order valence-corrected chi connectivity index (χ4v) is 4.30. The number of carbonyl (C=O) groups is 3. The molecule has 1 aliphatic rings. The second-order valence-corrected chi connectivity index (χ2v) is 8.69. The molecule has 1 aliphatic heterocycles. The minimum absolute atomic E-state index is 0.0719. The molecule has 1 fully saturated rings. The third-order valence-corrected chi connectivity index (χ3v) is 6.20. The highest BCUT2D eigenvalue weighted by atomic mass is 16.7. The maximum absolute atomic E-state index is 13.4. The van der Waals surface area contributed by atoms with Crippen molar-refractivity contribution in [1.82, 2.24) is 15.7 Å². The van der Waals surface area contributed by atoms with Gasteiger partial charge in [0.15, 0.2) is 0 Å². The van der Waals surface area contributed by atoms with E-state index in [9.17, 15) is 19.5 Å². The van der Waals surface area contributed by atoms with E-state index in [4.69, 9.17) is 4.84 Å². The van der Waals surface area contributed by atoms with E-state index in [2.05, 4.69) is 15.5 Å². The van der Waals surface area contributed by atoms with E-state index >= 15 is 0 Å². The van der Waals surface area contributed by atoms with Crippen molar-refractivity contribution in [1.29, 1.82) is 0 Å². The first-order chi connectivity index (χ1) is 17.9. The van der Waals surface area contributed by atoms with Crippen LogP contribution in [0.4, 0.5) is 5.69 Å². The zero-order valence-electron chi connectivity index (χ0n) is 20.6. The highest BCUT2D eigenvalue weighted by Gasteiger charge is 2.51. The molecule has 0 spiro atoms. The average molecular weight is 503 g/mol. The van der Waals surface area contributed by atoms with Crippen LogP contribution in [0.2, 0.25) is 0 Å². The SMILES string of the molecule is CC(=O)N(OCc1ccccc1)C(NC(=O)c1ccc(N2CCNCC2)cc1)(C(=O)O)c1ccccc1. The van der Waals surface area contributed by atoms with Crippen molar-refractivity contribution in [2.45, 2.75) is 19.2 Å². The van der Waals surface area contributed by atoms with Crippen molar-refractivity contribution >= 4 is 23.5 Å². The van der Waals surface area contributed by atoms with Crippen LogP contribution in [0.15, 0.2) is 84.9 Å². The average Bonchev–Trinajstić information content (AvgIpc) is 2.93. The molecule has 0 bridgehead atoms. The highest BCUT2D eigenvalue weighted by Crippen LogP contribution is 2.29. The van der Waals surface area contributed by atoms with E-state index in [0.717, 1.165) is 42.5 Å². The minimum Gasteiger partial charge on any atom is -0.478 e. The van der Waals surface area contributed by atoms with Crippen molar-refractivity contribution in [3.63, 3.8) is 0 Å². The first-order valence-corrected chi connectivity index (χ1v) is 12.1. The largest absolute Gasteiger partial charge is 0.478 e. The quantitative estimate of drug-likeness (QED) is 0.305. The van der Waals surface area contributed by atoms with Crippen LogP contribution >= 0.6 is 0 Å². The van der Waals surface area contributed by atoms with Gasteiger partial charge in [-0.2, -0.15) is 5.06 Å². The number of hydrogen-bond acceptors (Lipinski definition) is 6. The molecule has 1 atom stereocenters. The van der Waals surface area contributed by atoms with Crippen molar-refractivity contribution in [3.8, 4) is 0 Å². The minimum atomic E-state index is -2.31. The van der Waals surface area contributed by atoms with Crippen LogP contribution < -0.4 is 15.5 Å². The second kappa shape index (κ2) is 11.7. The smallest absolute Gasteiger partial charge is 0.358 e. The van der Waals surface area contributed by atoms with Gasteiger partial charge in [0.05, 0.1) is 0 Å². The van der Waals surface area contributed by atoms with E-state index in [0.29, 0.717) is 0 Å². The van der Waals surface area contributed by atoms with Crippen LogP contribution in [0.25, 0.3) is 0 Å². The van der Waals surface area contributed by atoms with Crippen LogP contribution in [-0.4, -0.2) is 54.1 Å². The molecule has 3 aromatic rings. The molecule has 3 N–H and O–H groups in total. The maximum Gasteiger partial charge on any atom is 0.358 e. The van der Waals surface area contributed by atoms with Crippen LogP contribution in [0.5, 0.6) is 0 Å². The number of carbonyl (C=O) groups excluding carboxylic acids is 2. The highest BCUT2D eigenvalue weighted by molar-refractivity contribution is 5.99. The maximum atomic E-state index is 13.4. The van der Waals surface area contributed by atoms with E-state index in [1.54, 1.807) is 42.5 Å². The zero-order valence-corrected chi connectivity index (χ0v) is 20.6. The number of piperazine rings is 1. The molecule has 37 heavy (non-hydrogen) atoms. The molecule has 0 aromatic heterocycles. The van der Waals surface area contributed by atoms with Crippen molar-refractivity contribution in [2.75, 3.05) is 31.1 Å².